The second-order valence-corrected chi connectivity index (χ2v) is 5.63. The Labute approximate surface area is 125 Å². The molecule has 116 valence electrons. The van der Waals surface area contributed by atoms with Gasteiger partial charge in [0, 0.05) is 37.6 Å². The number of fused-ring (bicyclic) bond motifs is 1. The van der Waals surface area contributed by atoms with E-state index >= 15 is 0 Å². The Morgan fingerprint density at radius 3 is 2.62 bits per heavy atom. The second-order valence-electron chi connectivity index (χ2n) is 5.63. The van der Waals surface area contributed by atoms with Gasteiger partial charge in [0.1, 0.15) is 0 Å². The van der Waals surface area contributed by atoms with Crippen LogP contribution in [0.5, 0.6) is 0 Å². The zero-order chi connectivity index (χ0) is 15.4. The summed E-state index contributed by atoms with van der Waals surface area (Å²) in [6, 6.07) is 1.03. The quantitative estimate of drug-likeness (QED) is 0.530. The maximum absolute atomic E-state index is 5.45. The van der Waals surface area contributed by atoms with Gasteiger partial charge in [-0.25, -0.2) is 15.8 Å². The molecule has 0 fully saturated rings. The van der Waals surface area contributed by atoms with Crippen LogP contribution < -0.4 is 16.6 Å². The van der Waals surface area contributed by atoms with Gasteiger partial charge in [-0.1, -0.05) is 0 Å². The first-order valence-electron chi connectivity index (χ1n) is 7.33. The van der Waals surface area contributed by atoms with Crippen molar-refractivity contribution in [2.45, 2.75) is 39.8 Å². The third kappa shape index (κ3) is 3.62. The summed E-state index contributed by atoms with van der Waals surface area (Å²) in [7, 11) is 0. The molecule has 21 heavy (non-hydrogen) atoms. The molecule has 0 unspecified atom stereocenters. The first-order chi connectivity index (χ1) is 10.0. The summed E-state index contributed by atoms with van der Waals surface area (Å²) in [6.45, 7) is 10.6. The number of rotatable bonds is 7. The standard InChI is InChI=1S/C14H25N7/c1-10(2)21(11(3)4)8-6-16-13-14-17-5-7-20(14)9-12(18-13)19-15/h5,7,9-11,19H,6,8,15H2,1-4H3,(H,16,18). The molecule has 2 aromatic heterocycles. The highest BCUT2D eigenvalue weighted by molar-refractivity contribution is 5.65. The number of hydrogen-bond acceptors (Lipinski definition) is 6. The number of hydrazine groups is 1. The molecule has 0 radical (unpaired) electrons. The second kappa shape index (κ2) is 6.73. The van der Waals surface area contributed by atoms with Crippen molar-refractivity contribution in [3.05, 3.63) is 18.6 Å². The third-order valence-corrected chi connectivity index (χ3v) is 3.51. The van der Waals surface area contributed by atoms with Crippen molar-refractivity contribution in [2.24, 2.45) is 5.84 Å². The van der Waals surface area contributed by atoms with E-state index in [1.807, 2.05) is 16.8 Å². The summed E-state index contributed by atoms with van der Waals surface area (Å²) in [5.74, 6) is 6.80. The van der Waals surface area contributed by atoms with Crippen molar-refractivity contribution in [3.8, 4) is 0 Å². The fourth-order valence-electron chi connectivity index (χ4n) is 2.54. The Hall–Kier alpha value is -1.86. The number of nitrogens with two attached hydrogens (primary N) is 1. The number of anilines is 2. The van der Waals surface area contributed by atoms with Crippen LogP contribution in [0.2, 0.25) is 0 Å². The highest BCUT2D eigenvalue weighted by atomic mass is 15.3. The number of nitrogens with one attached hydrogen (secondary N) is 2. The molecule has 2 rings (SSSR count). The lowest BCUT2D eigenvalue weighted by atomic mass is 10.2. The smallest absolute Gasteiger partial charge is 0.180 e. The Bertz CT molecular complexity index is 568. The van der Waals surface area contributed by atoms with Gasteiger partial charge in [-0.2, -0.15) is 0 Å². The van der Waals surface area contributed by atoms with Crippen molar-refractivity contribution in [2.75, 3.05) is 23.8 Å². The normalized spacial score (nSPS) is 11.8. The van der Waals surface area contributed by atoms with E-state index in [1.165, 1.54) is 0 Å². The van der Waals surface area contributed by atoms with E-state index in [-0.39, 0.29) is 0 Å². The van der Waals surface area contributed by atoms with Gasteiger partial charge in [0.25, 0.3) is 0 Å². The molecular weight excluding hydrogens is 266 g/mol. The minimum Gasteiger partial charge on any atom is -0.366 e. The lowest BCUT2D eigenvalue weighted by Crippen LogP contribution is -2.40. The van der Waals surface area contributed by atoms with E-state index in [0.29, 0.717) is 17.9 Å². The molecular formula is C14H25N7. The van der Waals surface area contributed by atoms with Gasteiger partial charge in [0.2, 0.25) is 0 Å². The summed E-state index contributed by atoms with van der Waals surface area (Å²) in [5.41, 5.74) is 3.38. The van der Waals surface area contributed by atoms with Crippen molar-refractivity contribution in [1.29, 1.82) is 0 Å². The maximum Gasteiger partial charge on any atom is 0.180 e. The summed E-state index contributed by atoms with van der Waals surface area (Å²) in [6.07, 6.45) is 5.43. The minimum atomic E-state index is 0.517. The monoisotopic (exact) mass is 291 g/mol. The molecule has 2 aromatic rings. The molecule has 0 saturated heterocycles. The van der Waals surface area contributed by atoms with E-state index in [9.17, 15) is 0 Å². The lowest BCUT2D eigenvalue weighted by molar-refractivity contribution is 0.182. The van der Waals surface area contributed by atoms with Crippen LogP contribution in [0, 0.1) is 0 Å². The summed E-state index contributed by atoms with van der Waals surface area (Å²) < 4.78 is 1.90. The summed E-state index contributed by atoms with van der Waals surface area (Å²) >= 11 is 0. The molecule has 0 bridgehead atoms. The molecule has 0 aliphatic carbocycles. The fraction of sp³-hybridized carbons (Fsp3) is 0.571. The third-order valence-electron chi connectivity index (χ3n) is 3.51. The topological polar surface area (TPSA) is 83.5 Å². The first kappa shape index (κ1) is 15.5. The van der Waals surface area contributed by atoms with E-state index < -0.39 is 0 Å². The molecule has 0 atom stereocenters. The van der Waals surface area contributed by atoms with Gasteiger partial charge in [-0.3, -0.25) is 4.90 Å². The van der Waals surface area contributed by atoms with Crippen molar-refractivity contribution >= 4 is 17.3 Å². The van der Waals surface area contributed by atoms with Crippen LogP contribution in [0.4, 0.5) is 11.6 Å². The number of aromatic nitrogens is 3. The van der Waals surface area contributed by atoms with Gasteiger partial charge in [-0.05, 0) is 27.7 Å². The number of nitrogens with zero attached hydrogens (tertiary/aromatic N) is 4. The summed E-state index contributed by atoms with van der Waals surface area (Å²) in [4.78, 5) is 11.2. The van der Waals surface area contributed by atoms with Crippen LogP contribution in [0.15, 0.2) is 18.6 Å². The SMILES string of the molecule is CC(C)N(CCNc1nc(NN)cn2ccnc12)C(C)C. The number of imidazole rings is 1. The summed E-state index contributed by atoms with van der Waals surface area (Å²) in [5, 5.41) is 3.36. The number of hydrogen-bond donors (Lipinski definition) is 3. The lowest BCUT2D eigenvalue weighted by Gasteiger charge is -2.30. The van der Waals surface area contributed by atoms with Crippen molar-refractivity contribution in [3.63, 3.8) is 0 Å². The zero-order valence-electron chi connectivity index (χ0n) is 13.2. The van der Waals surface area contributed by atoms with E-state index in [1.54, 1.807) is 6.20 Å². The zero-order valence-corrected chi connectivity index (χ0v) is 13.2. The van der Waals surface area contributed by atoms with E-state index in [0.717, 1.165) is 24.6 Å². The molecule has 0 spiro atoms. The molecule has 2 heterocycles. The van der Waals surface area contributed by atoms with Crippen LogP contribution in [-0.2, 0) is 0 Å². The maximum atomic E-state index is 5.45. The van der Waals surface area contributed by atoms with Crippen molar-refractivity contribution in [1.82, 2.24) is 19.3 Å². The van der Waals surface area contributed by atoms with E-state index in [4.69, 9.17) is 5.84 Å². The molecule has 4 N–H and O–H groups in total. The molecule has 7 nitrogen and oxygen atoms in total. The Morgan fingerprint density at radius 1 is 1.29 bits per heavy atom. The average Bonchev–Trinajstić information content (AvgIpc) is 2.90. The van der Waals surface area contributed by atoms with E-state index in [2.05, 4.69) is 53.3 Å². The highest BCUT2D eigenvalue weighted by Gasteiger charge is 2.13. The van der Waals surface area contributed by atoms with Gasteiger partial charge in [-0.15, -0.1) is 0 Å². The molecule has 0 aliphatic heterocycles. The predicted molar refractivity (Wildman–Crippen MR) is 86.3 cm³/mol. The fourth-order valence-corrected chi connectivity index (χ4v) is 2.54. The van der Waals surface area contributed by atoms with Gasteiger partial charge in [0.15, 0.2) is 17.3 Å². The molecule has 0 saturated carbocycles. The van der Waals surface area contributed by atoms with Crippen molar-refractivity contribution < 1.29 is 0 Å². The van der Waals surface area contributed by atoms with Gasteiger partial charge < -0.3 is 15.1 Å². The largest absolute Gasteiger partial charge is 0.366 e. The Kier molecular flexibility index (Phi) is 4.98. The van der Waals surface area contributed by atoms with Crippen LogP contribution in [-0.4, -0.2) is 44.4 Å². The van der Waals surface area contributed by atoms with Crippen LogP contribution in [0.25, 0.3) is 5.65 Å². The highest BCUT2D eigenvalue weighted by Crippen LogP contribution is 2.15. The molecule has 7 heteroatoms. The minimum absolute atomic E-state index is 0.517. The first-order valence-corrected chi connectivity index (χ1v) is 7.33. The van der Waals surface area contributed by atoms with Gasteiger partial charge >= 0.3 is 0 Å². The Balaban J connectivity index is 2.07. The predicted octanol–water partition coefficient (Wildman–Crippen LogP) is 1.55. The Morgan fingerprint density at radius 2 is 2.00 bits per heavy atom. The van der Waals surface area contributed by atoms with Gasteiger partial charge in [0.05, 0.1) is 6.20 Å². The van der Waals surface area contributed by atoms with Crippen LogP contribution >= 0.6 is 0 Å². The average molecular weight is 291 g/mol. The number of nitrogen functional groups attached to an aromatic ring is 1. The van der Waals surface area contributed by atoms with Crippen LogP contribution in [0.3, 0.4) is 0 Å². The molecule has 0 amide bonds. The van der Waals surface area contributed by atoms with Crippen LogP contribution in [0.1, 0.15) is 27.7 Å². The molecule has 0 aliphatic rings. The molecule has 0 aromatic carbocycles.